The summed E-state index contributed by atoms with van der Waals surface area (Å²) in [5.41, 5.74) is -1.00. The molecule has 0 radical (unpaired) electrons. The molecule has 0 aromatic carbocycles. The Hall–Kier alpha value is -1.23. The van der Waals surface area contributed by atoms with Gasteiger partial charge in [-0.05, 0) is 20.3 Å². The Morgan fingerprint density at radius 3 is 2.11 bits per heavy atom. The van der Waals surface area contributed by atoms with E-state index in [0.717, 1.165) is 0 Å². The predicted molar refractivity (Wildman–Crippen MR) is 66.1 cm³/mol. The number of ketones is 2. The lowest BCUT2D eigenvalue weighted by molar-refractivity contribution is -0.153. The van der Waals surface area contributed by atoms with Gasteiger partial charge in [-0.3, -0.25) is 14.4 Å². The maximum atomic E-state index is 12.0. The molecular formula is C13H22O5. The minimum absolute atomic E-state index is 0.174. The Balaban J connectivity index is 4.86. The molecule has 0 aliphatic carbocycles. The molecule has 0 rings (SSSR count). The van der Waals surface area contributed by atoms with E-state index in [0.29, 0.717) is 6.42 Å². The molecular weight excluding hydrogens is 236 g/mol. The van der Waals surface area contributed by atoms with Gasteiger partial charge in [-0.2, -0.15) is 0 Å². The molecule has 0 bridgehead atoms. The van der Waals surface area contributed by atoms with E-state index in [1.807, 2.05) is 6.92 Å². The molecule has 0 spiro atoms. The van der Waals surface area contributed by atoms with Crippen molar-refractivity contribution in [3.63, 3.8) is 0 Å². The van der Waals surface area contributed by atoms with E-state index in [1.165, 1.54) is 14.2 Å². The number of methoxy groups -OCH3 is 2. The summed E-state index contributed by atoms with van der Waals surface area (Å²) in [4.78, 5) is 35.3. The van der Waals surface area contributed by atoms with Gasteiger partial charge in [0.2, 0.25) is 0 Å². The van der Waals surface area contributed by atoms with Crippen LogP contribution in [0.5, 0.6) is 0 Å². The van der Waals surface area contributed by atoms with Crippen LogP contribution in [0.3, 0.4) is 0 Å². The number of hydrogen-bond donors (Lipinski definition) is 0. The lowest BCUT2D eigenvalue weighted by Gasteiger charge is -2.23. The van der Waals surface area contributed by atoms with Crippen molar-refractivity contribution in [2.45, 2.75) is 45.6 Å². The van der Waals surface area contributed by atoms with Gasteiger partial charge < -0.3 is 9.47 Å². The number of esters is 1. The van der Waals surface area contributed by atoms with Gasteiger partial charge >= 0.3 is 5.97 Å². The van der Waals surface area contributed by atoms with Crippen molar-refractivity contribution < 1.29 is 23.9 Å². The van der Waals surface area contributed by atoms with Crippen LogP contribution < -0.4 is 0 Å². The van der Waals surface area contributed by atoms with Crippen LogP contribution in [0.2, 0.25) is 0 Å². The summed E-state index contributed by atoms with van der Waals surface area (Å²) in [5.74, 6) is -2.22. The minimum Gasteiger partial charge on any atom is -0.468 e. The quantitative estimate of drug-likeness (QED) is 0.488. The molecule has 5 heteroatoms. The monoisotopic (exact) mass is 258 g/mol. The largest absolute Gasteiger partial charge is 0.468 e. The second-order valence-electron chi connectivity index (χ2n) is 4.63. The van der Waals surface area contributed by atoms with Crippen molar-refractivity contribution in [3.05, 3.63) is 0 Å². The van der Waals surface area contributed by atoms with Crippen molar-refractivity contribution >= 4 is 17.5 Å². The van der Waals surface area contributed by atoms with Crippen molar-refractivity contribution in [2.75, 3.05) is 14.2 Å². The first kappa shape index (κ1) is 16.8. The van der Waals surface area contributed by atoms with Crippen LogP contribution in [0.1, 0.15) is 40.0 Å². The number of rotatable bonds is 8. The number of ether oxygens (including phenoxy) is 2. The first-order valence-corrected chi connectivity index (χ1v) is 5.99. The molecule has 0 aliphatic heterocycles. The van der Waals surface area contributed by atoms with Crippen molar-refractivity contribution in [1.82, 2.24) is 0 Å². The molecule has 1 atom stereocenters. The van der Waals surface area contributed by atoms with E-state index in [4.69, 9.17) is 4.74 Å². The molecule has 0 aliphatic rings. The summed E-state index contributed by atoms with van der Waals surface area (Å²) in [7, 11) is 2.62. The normalized spacial score (nSPS) is 12.9. The second-order valence-corrected chi connectivity index (χ2v) is 4.63. The zero-order valence-electron chi connectivity index (χ0n) is 11.7. The summed E-state index contributed by atoms with van der Waals surface area (Å²) in [5, 5.41) is 0. The van der Waals surface area contributed by atoms with Crippen LogP contribution in [0.15, 0.2) is 0 Å². The van der Waals surface area contributed by atoms with E-state index in [9.17, 15) is 14.4 Å². The topological polar surface area (TPSA) is 69.7 Å². The predicted octanol–water partition coefficient (Wildman–Crippen LogP) is 1.53. The van der Waals surface area contributed by atoms with E-state index < -0.39 is 17.5 Å². The van der Waals surface area contributed by atoms with E-state index in [2.05, 4.69) is 4.74 Å². The van der Waals surface area contributed by atoms with Crippen LogP contribution >= 0.6 is 0 Å². The number of hydrogen-bond acceptors (Lipinski definition) is 5. The van der Waals surface area contributed by atoms with Gasteiger partial charge in [0.25, 0.3) is 0 Å². The van der Waals surface area contributed by atoms with Gasteiger partial charge in [0.05, 0.1) is 7.11 Å². The van der Waals surface area contributed by atoms with Gasteiger partial charge in [-0.25, -0.2) is 0 Å². The molecule has 104 valence electrons. The molecule has 0 saturated carbocycles. The smallest absolute Gasteiger partial charge is 0.316 e. The van der Waals surface area contributed by atoms with Crippen LogP contribution in [-0.2, 0) is 23.9 Å². The third-order valence-electron chi connectivity index (χ3n) is 2.94. The lowest BCUT2D eigenvalue weighted by atomic mass is 9.89. The molecule has 5 nitrogen and oxygen atoms in total. The standard InChI is InChI=1S/C13H22O5/c1-6-7-10(14)9(12(16)17-4)8-11(15)13(2,3)18-5/h9H,6-8H2,1-5H3. The van der Waals surface area contributed by atoms with Crippen LogP contribution in [0.4, 0.5) is 0 Å². The van der Waals surface area contributed by atoms with Gasteiger partial charge in [-0.1, -0.05) is 6.92 Å². The maximum Gasteiger partial charge on any atom is 0.316 e. The Morgan fingerprint density at radius 2 is 1.72 bits per heavy atom. The van der Waals surface area contributed by atoms with Crippen LogP contribution in [0, 0.1) is 5.92 Å². The van der Waals surface area contributed by atoms with E-state index >= 15 is 0 Å². The Labute approximate surface area is 108 Å². The minimum atomic E-state index is -1.02. The molecule has 0 saturated heterocycles. The highest BCUT2D eigenvalue weighted by Gasteiger charge is 2.35. The fraction of sp³-hybridized carbons (Fsp3) is 0.769. The van der Waals surface area contributed by atoms with Crippen molar-refractivity contribution in [1.29, 1.82) is 0 Å². The highest BCUT2D eigenvalue weighted by atomic mass is 16.5. The first-order chi connectivity index (χ1) is 8.30. The summed E-state index contributed by atoms with van der Waals surface area (Å²) >= 11 is 0. The van der Waals surface area contributed by atoms with Crippen molar-refractivity contribution in [3.8, 4) is 0 Å². The molecule has 0 aromatic rings. The van der Waals surface area contributed by atoms with Gasteiger partial charge in [0.15, 0.2) is 5.78 Å². The molecule has 0 N–H and O–H groups in total. The van der Waals surface area contributed by atoms with Gasteiger partial charge in [0.1, 0.15) is 17.3 Å². The van der Waals surface area contributed by atoms with Crippen LogP contribution in [-0.4, -0.2) is 37.4 Å². The third kappa shape index (κ3) is 4.56. The zero-order chi connectivity index (χ0) is 14.3. The van der Waals surface area contributed by atoms with Gasteiger partial charge in [0, 0.05) is 20.0 Å². The summed E-state index contributed by atoms with van der Waals surface area (Å²) in [6.45, 7) is 5.05. The van der Waals surface area contributed by atoms with Crippen LogP contribution in [0.25, 0.3) is 0 Å². The summed E-state index contributed by atoms with van der Waals surface area (Å²) in [6.07, 6.45) is 0.723. The molecule has 0 fully saturated rings. The fourth-order valence-corrected chi connectivity index (χ4v) is 1.44. The molecule has 1 unspecified atom stereocenters. The average Bonchev–Trinajstić information content (AvgIpc) is 2.34. The lowest BCUT2D eigenvalue weighted by Crippen LogP contribution is -2.38. The number of carbonyl (C=O) groups excluding carboxylic acids is 3. The van der Waals surface area contributed by atoms with E-state index in [1.54, 1.807) is 13.8 Å². The Kier molecular flexibility index (Phi) is 6.76. The van der Waals surface area contributed by atoms with E-state index in [-0.39, 0.29) is 24.4 Å². The molecule has 0 aromatic heterocycles. The summed E-state index contributed by atoms with van der Waals surface area (Å²) < 4.78 is 9.61. The average molecular weight is 258 g/mol. The number of Topliss-reactive ketones (excluding diaryl/α,β-unsaturated/α-hetero) is 2. The van der Waals surface area contributed by atoms with Crippen molar-refractivity contribution in [2.24, 2.45) is 5.92 Å². The van der Waals surface area contributed by atoms with Gasteiger partial charge in [-0.15, -0.1) is 0 Å². The number of carbonyl (C=O) groups is 3. The molecule has 0 heterocycles. The SMILES string of the molecule is CCCC(=O)C(CC(=O)C(C)(C)OC)C(=O)OC. The Bertz CT molecular complexity index is 319. The fourth-order valence-electron chi connectivity index (χ4n) is 1.44. The molecule has 0 amide bonds. The molecule has 18 heavy (non-hydrogen) atoms. The Morgan fingerprint density at radius 1 is 1.17 bits per heavy atom. The summed E-state index contributed by atoms with van der Waals surface area (Å²) in [6, 6.07) is 0. The highest BCUT2D eigenvalue weighted by Crippen LogP contribution is 2.18. The highest BCUT2D eigenvalue weighted by molar-refractivity contribution is 6.03. The second kappa shape index (κ2) is 7.26. The first-order valence-electron chi connectivity index (χ1n) is 5.99. The third-order valence-corrected chi connectivity index (χ3v) is 2.94. The maximum absolute atomic E-state index is 12.0. The zero-order valence-corrected chi connectivity index (χ0v) is 11.7.